The summed E-state index contributed by atoms with van der Waals surface area (Å²) in [5, 5.41) is 3.08. The molecular weight excluding hydrogens is 359 g/mol. The molecule has 2 saturated heterocycles. The number of hydrogen-bond acceptors (Lipinski definition) is 5. The molecule has 6 nitrogen and oxygen atoms in total. The highest BCUT2D eigenvalue weighted by molar-refractivity contribution is 5.94. The molecule has 2 fully saturated rings. The second kappa shape index (κ2) is 7.83. The van der Waals surface area contributed by atoms with Gasteiger partial charge in [0, 0.05) is 44.3 Å². The van der Waals surface area contributed by atoms with Gasteiger partial charge in [-0.25, -0.2) is 14.4 Å². The number of carbonyl (C=O) groups is 1. The third-order valence-electron chi connectivity index (χ3n) is 5.90. The second-order valence-electron chi connectivity index (χ2n) is 7.77. The van der Waals surface area contributed by atoms with E-state index in [-0.39, 0.29) is 23.2 Å². The van der Waals surface area contributed by atoms with Crippen molar-refractivity contribution in [3.8, 4) is 0 Å². The Hall–Kier alpha value is -2.54. The predicted molar refractivity (Wildman–Crippen MR) is 103 cm³/mol. The molecule has 2 aliphatic rings. The first kappa shape index (κ1) is 18.8. The molecule has 0 aliphatic carbocycles. The van der Waals surface area contributed by atoms with E-state index in [1.165, 1.54) is 6.07 Å². The number of anilines is 1. The van der Waals surface area contributed by atoms with E-state index in [9.17, 15) is 9.18 Å². The zero-order valence-electron chi connectivity index (χ0n) is 16.0. The molecule has 1 aromatic carbocycles. The van der Waals surface area contributed by atoms with Crippen LogP contribution in [0.15, 0.2) is 36.7 Å². The highest BCUT2D eigenvalue weighted by atomic mass is 19.1. The van der Waals surface area contributed by atoms with Crippen LogP contribution in [0.3, 0.4) is 0 Å². The van der Waals surface area contributed by atoms with Crippen molar-refractivity contribution in [3.63, 3.8) is 0 Å². The van der Waals surface area contributed by atoms with Crippen LogP contribution in [0.2, 0.25) is 0 Å². The van der Waals surface area contributed by atoms with Gasteiger partial charge in [-0.05, 0) is 37.7 Å². The summed E-state index contributed by atoms with van der Waals surface area (Å²) in [4.78, 5) is 23.2. The number of nitrogens with zero attached hydrogens (tertiary/aromatic N) is 3. The normalized spacial score (nSPS) is 19.6. The largest absolute Gasteiger partial charge is 0.381 e. The molecule has 3 heterocycles. The minimum absolute atomic E-state index is 0.0305. The lowest BCUT2D eigenvalue weighted by Crippen LogP contribution is -2.35. The molecule has 0 saturated carbocycles. The lowest BCUT2D eigenvalue weighted by molar-refractivity contribution is 0.0191. The summed E-state index contributed by atoms with van der Waals surface area (Å²) < 4.78 is 19.4. The Morgan fingerprint density at radius 3 is 2.64 bits per heavy atom. The molecule has 0 radical (unpaired) electrons. The number of aromatic nitrogens is 2. The quantitative estimate of drug-likeness (QED) is 0.875. The summed E-state index contributed by atoms with van der Waals surface area (Å²) in [6, 6.07) is 6.32. The monoisotopic (exact) mass is 384 g/mol. The summed E-state index contributed by atoms with van der Waals surface area (Å²) >= 11 is 0. The fourth-order valence-corrected chi connectivity index (χ4v) is 4.11. The fourth-order valence-electron chi connectivity index (χ4n) is 4.11. The topological polar surface area (TPSA) is 67.4 Å². The molecule has 0 bridgehead atoms. The van der Waals surface area contributed by atoms with Gasteiger partial charge in [-0.15, -0.1) is 0 Å². The van der Waals surface area contributed by atoms with Crippen LogP contribution in [0.25, 0.3) is 0 Å². The van der Waals surface area contributed by atoms with Crippen molar-refractivity contribution >= 4 is 11.9 Å². The van der Waals surface area contributed by atoms with Crippen molar-refractivity contribution in [3.05, 3.63) is 53.6 Å². The zero-order valence-corrected chi connectivity index (χ0v) is 16.0. The van der Waals surface area contributed by atoms with Crippen LogP contribution in [-0.4, -0.2) is 47.1 Å². The van der Waals surface area contributed by atoms with Crippen LogP contribution in [0, 0.1) is 11.2 Å². The number of benzene rings is 1. The smallest absolute Gasteiger partial charge is 0.257 e. The van der Waals surface area contributed by atoms with Crippen LogP contribution in [0.1, 0.15) is 48.1 Å². The lowest BCUT2D eigenvalue weighted by Gasteiger charge is -2.33. The van der Waals surface area contributed by atoms with Gasteiger partial charge in [0.15, 0.2) is 0 Å². The molecule has 28 heavy (non-hydrogen) atoms. The van der Waals surface area contributed by atoms with Crippen LogP contribution >= 0.6 is 0 Å². The van der Waals surface area contributed by atoms with Gasteiger partial charge in [0.25, 0.3) is 5.91 Å². The van der Waals surface area contributed by atoms with Gasteiger partial charge in [0.2, 0.25) is 5.95 Å². The van der Waals surface area contributed by atoms with Crippen molar-refractivity contribution < 1.29 is 13.9 Å². The van der Waals surface area contributed by atoms with Crippen LogP contribution in [0.4, 0.5) is 10.3 Å². The first-order valence-electron chi connectivity index (χ1n) is 9.76. The zero-order chi connectivity index (χ0) is 19.6. The Kier molecular flexibility index (Phi) is 5.26. The molecule has 148 valence electrons. The van der Waals surface area contributed by atoms with E-state index in [0.717, 1.165) is 45.6 Å². The lowest BCUT2D eigenvalue weighted by atomic mass is 9.80. The first-order chi connectivity index (χ1) is 13.6. The molecular formula is C21H25FN4O2. The van der Waals surface area contributed by atoms with Gasteiger partial charge in [-0.3, -0.25) is 4.79 Å². The SMILES string of the molecule is C[C@H](Nc1ncc(C(=O)N2CCC3(CCOCC3)C2)cn1)c1ccccc1F. The average Bonchev–Trinajstić information content (AvgIpc) is 3.12. The van der Waals surface area contributed by atoms with Crippen molar-refractivity contribution in [2.24, 2.45) is 5.41 Å². The highest BCUT2D eigenvalue weighted by Gasteiger charge is 2.41. The summed E-state index contributed by atoms with van der Waals surface area (Å²) in [6.07, 6.45) is 6.15. The predicted octanol–water partition coefficient (Wildman–Crippen LogP) is 3.43. The average molecular weight is 384 g/mol. The Labute approximate surface area is 164 Å². The van der Waals surface area contributed by atoms with Crippen molar-refractivity contribution in [2.75, 3.05) is 31.6 Å². The highest BCUT2D eigenvalue weighted by Crippen LogP contribution is 2.40. The van der Waals surface area contributed by atoms with Gasteiger partial charge in [0.1, 0.15) is 5.82 Å². The van der Waals surface area contributed by atoms with Crippen LogP contribution in [0.5, 0.6) is 0 Å². The summed E-state index contributed by atoms with van der Waals surface area (Å²) in [5.41, 5.74) is 1.24. The number of rotatable bonds is 4. The molecule has 7 heteroatoms. The Morgan fingerprint density at radius 2 is 1.93 bits per heavy atom. The van der Waals surface area contributed by atoms with Crippen molar-refractivity contribution in [1.29, 1.82) is 0 Å². The molecule has 1 spiro atoms. The van der Waals surface area contributed by atoms with Crippen LogP contribution < -0.4 is 5.32 Å². The molecule has 1 amide bonds. The number of hydrogen-bond donors (Lipinski definition) is 1. The maximum absolute atomic E-state index is 13.9. The van der Waals surface area contributed by atoms with Crippen molar-refractivity contribution in [1.82, 2.24) is 14.9 Å². The number of carbonyl (C=O) groups excluding carboxylic acids is 1. The summed E-state index contributed by atoms with van der Waals surface area (Å²) in [5.74, 6) is 0.0667. The molecule has 0 unspecified atom stereocenters. The van der Waals surface area contributed by atoms with E-state index >= 15 is 0 Å². The van der Waals surface area contributed by atoms with E-state index in [0.29, 0.717) is 17.1 Å². The van der Waals surface area contributed by atoms with Crippen LogP contribution in [-0.2, 0) is 4.74 Å². The molecule has 1 atom stereocenters. The number of ether oxygens (including phenoxy) is 1. The third-order valence-corrected chi connectivity index (χ3v) is 5.90. The molecule has 1 N–H and O–H groups in total. The van der Waals surface area contributed by atoms with E-state index in [1.54, 1.807) is 30.6 Å². The van der Waals surface area contributed by atoms with Gasteiger partial charge in [-0.2, -0.15) is 0 Å². The summed E-state index contributed by atoms with van der Waals surface area (Å²) in [7, 11) is 0. The standard InChI is InChI=1S/C21H25FN4O2/c1-15(17-4-2-3-5-18(17)22)25-20-23-12-16(13-24-20)19(27)26-9-6-21(14-26)7-10-28-11-8-21/h2-5,12-13,15H,6-11,14H2,1H3,(H,23,24,25)/t15-/m0/s1. The number of amides is 1. The van der Waals surface area contributed by atoms with E-state index in [1.807, 2.05) is 11.8 Å². The Balaban J connectivity index is 1.39. The summed E-state index contributed by atoms with van der Waals surface area (Å²) in [6.45, 7) is 4.96. The molecule has 2 aliphatic heterocycles. The minimum atomic E-state index is -0.283. The Morgan fingerprint density at radius 1 is 1.21 bits per heavy atom. The second-order valence-corrected chi connectivity index (χ2v) is 7.77. The molecule has 4 rings (SSSR count). The van der Waals surface area contributed by atoms with Gasteiger partial charge in [0.05, 0.1) is 11.6 Å². The van der Waals surface area contributed by atoms with Gasteiger partial charge >= 0.3 is 0 Å². The number of likely N-dealkylation sites (tertiary alicyclic amines) is 1. The fraction of sp³-hybridized carbons (Fsp3) is 0.476. The van der Waals surface area contributed by atoms with Crippen molar-refractivity contribution in [2.45, 2.75) is 32.2 Å². The number of halogens is 1. The van der Waals surface area contributed by atoms with Gasteiger partial charge in [-0.1, -0.05) is 18.2 Å². The first-order valence-corrected chi connectivity index (χ1v) is 9.76. The maximum atomic E-state index is 13.9. The maximum Gasteiger partial charge on any atom is 0.257 e. The molecule has 1 aromatic heterocycles. The third kappa shape index (κ3) is 3.85. The van der Waals surface area contributed by atoms with Gasteiger partial charge < -0.3 is 15.0 Å². The van der Waals surface area contributed by atoms with E-state index < -0.39 is 0 Å². The Bertz CT molecular complexity index is 837. The minimum Gasteiger partial charge on any atom is -0.381 e. The molecule has 2 aromatic rings. The number of nitrogens with one attached hydrogen (secondary N) is 1. The van der Waals surface area contributed by atoms with E-state index in [4.69, 9.17) is 4.74 Å². The van der Waals surface area contributed by atoms with E-state index in [2.05, 4.69) is 15.3 Å².